The quantitative estimate of drug-likeness (QED) is 0.513. The molecule has 0 aliphatic heterocycles. The Kier molecular flexibility index (Phi) is 4.13. The van der Waals surface area contributed by atoms with E-state index in [0.29, 0.717) is 5.92 Å². The monoisotopic (exact) mass is 319 g/mol. The van der Waals surface area contributed by atoms with Gasteiger partial charge in [0.1, 0.15) is 7.11 Å². The van der Waals surface area contributed by atoms with Crippen LogP contribution >= 0.6 is 0 Å². The summed E-state index contributed by atoms with van der Waals surface area (Å²) in [6, 6.07) is 15.5. The van der Waals surface area contributed by atoms with Gasteiger partial charge in [0, 0.05) is 0 Å². The summed E-state index contributed by atoms with van der Waals surface area (Å²) in [5.74, 6) is 1.51. The van der Waals surface area contributed by atoms with Crippen molar-refractivity contribution < 1.29 is 4.84 Å². The van der Waals surface area contributed by atoms with Crippen molar-refractivity contribution >= 4 is 22.1 Å². The summed E-state index contributed by atoms with van der Waals surface area (Å²) in [6.07, 6.45) is 6.11. The summed E-state index contributed by atoms with van der Waals surface area (Å²) in [5.41, 5.74) is 5.50. The number of oxime groups is 1. The second-order valence-electron chi connectivity index (χ2n) is 7.11. The van der Waals surface area contributed by atoms with Crippen molar-refractivity contribution in [1.29, 1.82) is 0 Å². The highest BCUT2D eigenvalue weighted by molar-refractivity contribution is 6.07. The van der Waals surface area contributed by atoms with Gasteiger partial charge >= 0.3 is 0 Å². The summed E-state index contributed by atoms with van der Waals surface area (Å²) < 4.78 is 0. The van der Waals surface area contributed by atoms with Crippen molar-refractivity contribution in [2.24, 2.45) is 17.0 Å². The van der Waals surface area contributed by atoms with E-state index in [1.165, 1.54) is 53.2 Å². The molecule has 0 amide bonds. The molecule has 1 saturated carbocycles. The average molecular weight is 319 g/mol. The van der Waals surface area contributed by atoms with E-state index in [0.717, 1.165) is 18.1 Å². The molecule has 0 aromatic heterocycles. The van der Waals surface area contributed by atoms with Crippen LogP contribution in [0.4, 0.5) is 0 Å². The van der Waals surface area contributed by atoms with Crippen molar-refractivity contribution in [2.45, 2.75) is 39.0 Å². The van der Waals surface area contributed by atoms with Crippen LogP contribution in [0.3, 0.4) is 0 Å². The lowest BCUT2D eigenvalue weighted by Crippen LogP contribution is -2.18. The van der Waals surface area contributed by atoms with E-state index in [1.807, 2.05) is 0 Å². The van der Waals surface area contributed by atoms with E-state index in [1.54, 1.807) is 7.11 Å². The maximum absolute atomic E-state index is 5.16. The molecule has 2 unspecified atom stereocenters. The lowest BCUT2D eigenvalue weighted by molar-refractivity contribution is 0.212. The second-order valence-corrected chi connectivity index (χ2v) is 7.11. The molecular formula is C22H25NO. The Morgan fingerprint density at radius 2 is 1.96 bits per heavy atom. The van der Waals surface area contributed by atoms with Gasteiger partial charge in [-0.1, -0.05) is 48.5 Å². The molecular weight excluding hydrogens is 294 g/mol. The predicted octanol–water partition coefficient (Wildman–Crippen LogP) is 5.83. The van der Waals surface area contributed by atoms with Gasteiger partial charge in [-0.2, -0.15) is 0 Å². The number of allylic oxidation sites excluding steroid dienone is 2. The van der Waals surface area contributed by atoms with Crippen LogP contribution in [0.2, 0.25) is 0 Å². The Morgan fingerprint density at radius 1 is 1.12 bits per heavy atom. The van der Waals surface area contributed by atoms with Gasteiger partial charge in [-0.05, 0) is 77.5 Å². The third-order valence-electron chi connectivity index (χ3n) is 5.71. The summed E-state index contributed by atoms with van der Waals surface area (Å²) in [5, 5.41) is 7.01. The summed E-state index contributed by atoms with van der Waals surface area (Å²) in [4.78, 5) is 5.16. The van der Waals surface area contributed by atoms with E-state index < -0.39 is 0 Å². The maximum Gasteiger partial charge on any atom is 0.106 e. The van der Waals surface area contributed by atoms with Crippen molar-refractivity contribution in [3.8, 4) is 0 Å². The van der Waals surface area contributed by atoms with E-state index >= 15 is 0 Å². The molecule has 2 aliphatic carbocycles. The first-order valence-electron chi connectivity index (χ1n) is 9.12. The minimum Gasteiger partial charge on any atom is -0.399 e. The van der Waals surface area contributed by atoms with Gasteiger partial charge in [-0.15, -0.1) is 0 Å². The first-order valence-corrected chi connectivity index (χ1v) is 9.12. The minimum absolute atomic E-state index is 0.666. The number of nitrogens with zero attached hydrogens (tertiary/aromatic N) is 1. The van der Waals surface area contributed by atoms with Gasteiger partial charge in [-0.3, -0.25) is 0 Å². The Labute approximate surface area is 144 Å². The largest absolute Gasteiger partial charge is 0.399 e. The number of rotatable bonds is 4. The van der Waals surface area contributed by atoms with Crippen LogP contribution in [0.15, 0.2) is 53.2 Å². The molecule has 2 aromatic carbocycles. The van der Waals surface area contributed by atoms with E-state index in [2.05, 4.69) is 54.5 Å². The number of benzene rings is 2. The Hall–Kier alpha value is -2.09. The minimum atomic E-state index is 0.666. The molecule has 4 rings (SSSR count). The molecule has 24 heavy (non-hydrogen) atoms. The zero-order chi connectivity index (χ0) is 16.5. The molecule has 0 heterocycles. The van der Waals surface area contributed by atoms with Crippen LogP contribution in [-0.4, -0.2) is 12.8 Å². The van der Waals surface area contributed by atoms with Crippen molar-refractivity contribution in [3.05, 3.63) is 53.6 Å². The first kappa shape index (κ1) is 15.4. The van der Waals surface area contributed by atoms with Gasteiger partial charge in [0.2, 0.25) is 0 Å². The van der Waals surface area contributed by atoms with Crippen LogP contribution in [0, 0.1) is 11.8 Å². The van der Waals surface area contributed by atoms with Gasteiger partial charge in [0.15, 0.2) is 0 Å². The summed E-state index contributed by atoms with van der Waals surface area (Å²) in [7, 11) is 1.66. The van der Waals surface area contributed by atoms with Crippen LogP contribution in [-0.2, 0) is 4.84 Å². The molecule has 124 valence electrons. The molecule has 0 spiro atoms. The van der Waals surface area contributed by atoms with E-state index in [4.69, 9.17) is 4.84 Å². The zero-order valence-corrected chi connectivity index (χ0v) is 14.6. The standard InChI is InChI=1S/C22H25NO/c1-3-21(23-24-2)22-19-9-8-15(12-19)13-20(22)18-11-10-16-6-4-5-7-17(16)14-18/h4-7,10-11,14-15,19H,3,8-9,12-13H2,1-2H3. The van der Waals surface area contributed by atoms with E-state index in [-0.39, 0.29) is 0 Å². The third-order valence-corrected chi connectivity index (χ3v) is 5.71. The third kappa shape index (κ3) is 2.64. The van der Waals surface area contributed by atoms with Gasteiger partial charge < -0.3 is 4.84 Å². The molecule has 2 atom stereocenters. The molecule has 0 N–H and O–H groups in total. The highest BCUT2D eigenvalue weighted by Gasteiger charge is 2.36. The van der Waals surface area contributed by atoms with Crippen molar-refractivity contribution in [3.63, 3.8) is 0 Å². The SMILES string of the molecule is CCC(=NOC)C1=C(c2ccc3ccccc3c2)CC2CCC1C2. The van der Waals surface area contributed by atoms with Crippen LogP contribution in [0.1, 0.15) is 44.6 Å². The average Bonchev–Trinajstić information content (AvgIpc) is 3.01. The van der Waals surface area contributed by atoms with Gasteiger partial charge in [-0.25, -0.2) is 0 Å². The molecule has 2 bridgehead atoms. The van der Waals surface area contributed by atoms with Crippen LogP contribution in [0.5, 0.6) is 0 Å². The van der Waals surface area contributed by atoms with Crippen LogP contribution < -0.4 is 0 Å². The number of hydrogen-bond donors (Lipinski definition) is 0. The number of fused-ring (bicyclic) bond motifs is 3. The summed E-state index contributed by atoms with van der Waals surface area (Å²) >= 11 is 0. The molecule has 0 saturated heterocycles. The van der Waals surface area contributed by atoms with Gasteiger partial charge in [0.05, 0.1) is 5.71 Å². The number of hydrogen-bond acceptors (Lipinski definition) is 2. The fraction of sp³-hybridized carbons (Fsp3) is 0.409. The van der Waals surface area contributed by atoms with E-state index in [9.17, 15) is 0 Å². The predicted molar refractivity (Wildman–Crippen MR) is 101 cm³/mol. The van der Waals surface area contributed by atoms with Crippen LogP contribution in [0.25, 0.3) is 16.3 Å². The maximum atomic E-state index is 5.16. The lowest BCUT2D eigenvalue weighted by atomic mass is 9.77. The zero-order valence-electron chi connectivity index (χ0n) is 14.6. The first-order chi connectivity index (χ1) is 11.8. The second kappa shape index (κ2) is 6.43. The van der Waals surface area contributed by atoms with Crippen molar-refractivity contribution in [2.75, 3.05) is 7.11 Å². The molecule has 0 radical (unpaired) electrons. The normalized spacial score (nSPS) is 23.8. The Balaban J connectivity index is 1.88. The molecule has 2 aromatic rings. The van der Waals surface area contributed by atoms with Crippen molar-refractivity contribution in [1.82, 2.24) is 0 Å². The Bertz CT molecular complexity index is 818. The smallest absolute Gasteiger partial charge is 0.106 e. The topological polar surface area (TPSA) is 21.6 Å². The molecule has 2 nitrogen and oxygen atoms in total. The Morgan fingerprint density at radius 3 is 2.75 bits per heavy atom. The highest BCUT2D eigenvalue weighted by Crippen LogP contribution is 2.49. The highest BCUT2D eigenvalue weighted by atomic mass is 16.6. The molecule has 2 heteroatoms. The fourth-order valence-corrected chi connectivity index (χ4v) is 4.64. The fourth-order valence-electron chi connectivity index (χ4n) is 4.64. The van der Waals surface area contributed by atoms with Gasteiger partial charge in [0.25, 0.3) is 0 Å². The lowest BCUT2D eigenvalue weighted by Gasteiger charge is -2.27. The molecule has 2 aliphatic rings. The summed E-state index contributed by atoms with van der Waals surface area (Å²) in [6.45, 7) is 2.18. The molecule has 1 fully saturated rings.